The predicted octanol–water partition coefficient (Wildman–Crippen LogP) is 5.02. The quantitative estimate of drug-likeness (QED) is 0.197. The maximum atomic E-state index is 13.9. The molecular formula is C34H41N3O6. The smallest absolute Gasteiger partial charge is 0.408 e. The first-order valence-corrected chi connectivity index (χ1v) is 14.6. The van der Waals surface area contributed by atoms with Gasteiger partial charge in [-0.05, 0) is 35.4 Å². The van der Waals surface area contributed by atoms with Gasteiger partial charge in [0, 0.05) is 0 Å². The number of nitrogens with one attached hydrogen (secondary N) is 3. The molecule has 0 spiro atoms. The minimum Gasteiger partial charge on any atom is -0.481 e. The molecule has 0 aromatic heterocycles. The molecule has 228 valence electrons. The molecule has 3 aromatic rings. The summed E-state index contributed by atoms with van der Waals surface area (Å²) < 4.78 is 12.7. The second-order valence-corrected chi connectivity index (χ2v) is 10.6. The molecule has 0 aliphatic carbocycles. The number of aliphatic carboxylic acids is 1. The van der Waals surface area contributed by atoms with Crippen molar-refractivity contribution in [3.63, 3.8) is 0 Å². The first kappa shape index (κ1) is 31.3. The molecule has 9 nitrogen and oxygen atoms in total. The molecule has 0 saturated heterocycles. The van der Waals surface area contributed by atoms with Crippen LogP contribution in [0.25, 0.3) is 1.43 Å². The molecule has 0 aliphatic rings. The van der Waals surface area contributed by atoms with Crippen LogP contribution in [0.15, 0.2) is 91.0 Å². The summed E-state index contributed by atoms with van der Waals surface area (Å²) in [5, 5.41) is 12.7. The van der Waals surface area contributed by atoms with Crippen molar-refractivity contribution in [1.82, 2.24) is 16.0 Å². The van der Waals surface area contributed by atoms with Crippen molar-refractivity contribution >= 4 is 23.9 Å². The van der Waals surface area contributed by atoms with Gasteiger partial charge < -0.3 is 25.8 Å². The van der Waals surface area contributed by atoms with Crippen LogP contribution < -0.4 is 16.0 Å². The van der Waals surface area contributed by atoms with E-state index in [0.29, 0.717) is 18.4 Å². The van der Waals surface area contributed by atoms with Gasteiger partial charge in [-0.1, -0.05) is 118 Å². The fourth-order valence-corrected chi connectivity index (χ4v) is 4.76. The molecule has 43 heavy (non-hydrogen) atoms. The zero-order valence-electron chi connectivity index (χ0n) is 25.8. The summed E-state index contributed by atoms with van der Waals surface area (Å²) in [7, 11) is 0. The topological polar surface area (TPSA) is 134 Å². The summed E-state index contributed by atoms with van der Waals surface area (Å²) >= 11 is 0. The van der Waals surface area contributed by atoms with E-state index in [1.165, 1.54) is 0 Å². The highest BCUT2D eigenvalue weighted by atomic mass is 16.5. The second kappa shape index (κ2) is 16.7. The summed E-state index contributed by atoms with van der Waals surface area (Å²) in [6.45, 7) is 5.63. The van der Waals surface area contributed by atoms with Gasteiger partial charge in [0.1, 0.15) is 18.7 Å². The van der Waals surface area contributed by atoms with E-state index in [9.17, 15) is 19.2 Å². The first-order valence-electron chi connectivity index (χ1n) is 15.0. The Hall–Kier alpha value is -4.66. The number of carbonyl (C=O) groups excluding carboxylic acids is 3. The van der Waals surface area contributed by atoms with Gasteiger partial charge in [0.2, 0.25) is 11.8 Å². The highest BCUT2D eigenvalue weighted by Gasteiger charge is 2.38. The molecule has 3 amide bonds. The van der Waals surface area contributed by atoms with Crippen LogP contribution in [0.1, 0.15) is 56.3 Å². The van der Waals surface area contributed by atoms with Crippen molar-refractivity contribution in [1.29, 1.82) is 1.43 Å². The van der Waals surface area contributed by atoms with Gasteiger partial charge in [-0.2, -0.15) is 0 Å². The zero-order chi connectivity index (χ0) is 31.9. The van der Waals surface area contributed by atoms with Crippen molar-refractivity contribution in [2.75, 3.05) is 0 Å². The maximum absolute atomic E-state index is 13.9. The molecule has 4 N–H and O–H groups in total. The number of rotatable bonds is 15. The van der Waals surface area contributed by atoms with Crippen molar-refractivity contribution < 1.29 is 29.0 Å². The molecule has 0 heterocycles. The standard InChI is InChI=1S/C34H41N3O6/c1-4-23(3)29(31(38)35-28(5-2)26-19-13-8-14-20-26)36-32(39)30(27(33(40)41)21-24-15-9-6-10-16-24)37-34(42)43-22-25-17-11-7-12-18-25/h6-20,23,27-30H,4-5,21-22H2,1-3H3,(H,35,38)(H,36,39)(H,37,42)(H,40,41)/t23-,27?,28-,29-,30-/m0/s1/i/hD. The van der Waals surface area contributed by atoms with Gasteiger partial charge in [-0.15, -0.1) is 0 Å². The highest BCUT2D eigenvalue weighted by molar-refractivity contribution is 5.94. The van der Waals surface area contributed by atoms with Gasteiger partial charge in [0.25, 0.3) is 1.43 Å². The van der Waals surface area contributed by atoms with E-state index in [1.54, 1.807) is 54.6 Å². The minimum absolute atomic E-state index is 0.0122. The Bertz CT molecular complexity index is 1340. The number of amides is 3. The molecule has 5 atom stereocenters. The molecule has 0 fully saturated rings. The Kier molecular flexibility index (Phi) is 12.1. The fourth-order valence-electron chi connectivity index (χ4n) is 4.76. The summed E-state index contributed by atoms with van der Waals surface area (Å²) in [5.74, 6) is -3.75. The number of benzene rings is 3. The molecule has 9 heteroatoms. The summed E-state index contributed by atoms with van der Waals surface area (Å²) in [6, 6.07) is 24.6. The number of carboxylic acid groups (broad SMARTS) is 1. The lowest BCUT2D eigenvalue weighted by Gasteiger charge is -2.30. The Morgan fingerprint density at radius 3 is 1.86 bits per heavy atom. The Morgan fingerprint density at radius 2 is 1.30 bits per heavy atom. The van der Waals surface area contributed by atoms with Crippen molar-refractivity contribution in [3.05, 3.63) is 108 Å². The van der Waals surface area contributed by atoms with Crippen LogP contribution in [0, 0.1) is 11.8 Å². The van der Waals surface area contributed by atoms with Crippen molar-refractivity contribution in [3.8, 4) is 0 Å². The maximum Gasteiger partial charge on any atom is 0.408 e. The Labute approximate surface area is 254 Å². The number of hydrogen-bond acceptors (Lipinski definition) is 6. The van der Waals surface area contributed by atoms with Gasteiger partial charge in [-0.3, -0.25) is 14.4 Å². The van der Waals surface area contributed by atoms with Crippen molar-refractivity contribution in [2.45, 2.75) is 64.8 Å². The molecular weight excluding hydrogens is 546 g/mol. The van der Waals surface area contributed by atoms with Crippen LogP contribution in [-0.2, 0) is 32.1 Å². The second-order valence-electron chi connectivity index (χ2n) is 10.6. The number of hydrogen-bond donors (Lipinski definition) is 4. The molecule has 1 unspecified atom stereocenters. The summed E-state index contributed by atoms with van der Waals surface area (Å²) in [6.07, 6.45) is 0.245. The van der Waals surface area contributed by atoms with Gasteiger partial charge in [0.15, 0.2) is 0 Å². The lowest BCUT2D eigenvalue weighted by Crippen LogP contribution is -2.59. The van der Waals surface area contributed by atoms with E-state index in [4.69, 9.17) is 6.17 Å². The molecule has 0 aliphatic heterocycles. The van der Waals surface area contributed by atoms with E-state index in [-0.39, 0.29) is 25.0 Å². The fraction of sp³-hybridized carbons (Fsp3) is 0.353. The predicted molar refractivity (Wildman–Crippen MR) is 164 cm³/mol. The monoisotopic (exact) mass is 588 g/mol. The van der Waals surface area contributed by atoms with Crippen molar-refractivity contribution in [2.24, 2.45) is 11.8 Å². The number of carbonyl (C=O) groups is 4. The van der Waals surface area contributed by atoms with Gasteiger partial charge in [-0.25, -0.2) is 4.79 Å². The largest absolute Gasteiger partial charge is 0.481 e. The van der Waals surface area contributed by atoms with Gasteiger partial charge in [0.05, 0.1) is 12.0 Å². The average Bonchev–Trinajstić information content (AvgIpc) is 3.07. The normalized spacial score (nSPS) is 14.5. The van der Waals surface area contributed by atoms with Crippen LogP contribution in [0.2, 0.25) is 0 Å². The highest BCUT2D eigenvalue weighted by Crippen LogP contribution is 2.19. The molecule has 0 radical (unpaired) electrons. The van der Waals surface area contributed by atoms with Gasteiger partial charge >= 0.3 is 12.1 Å². The Balaban J connectivity index is 1.87. The van der Waals surface area contributed by atoms with E-state index in [0.717, 1.165) is 11.1 Å². The lowest BCUT2D eigenvalue weighted by molar-refractivity contribution is -0.145. The SMILES string of the molecule is [2H]OC(=O)C(Cc1ccccc1)[C@H](NC(=O)OCc1ccccc1)C(=O)N[C@H](C(=O)N[C@@H](CC)c1ccccc1)[C@@H](C)CC. The molecule has 0 saturated carbocycles. The number of carboxylic acids is 1. The van der Waals surface area contributed by atoms with Crippen LogP contribution >= 0.6 is 0 Å². The first-order chi connectivity index (χ1) is 21.3. The molecule has 0 bridgehead atoms. The van der Waals surface area contributed by atoms with E-state index < -0.39 is 41.9 Å². The summed E-state index contributed by atoms with van der Waals surface area (Å²) in [5.41, 5.74) is 2.34. The lowest BCUT2D eigenvalue weighted by atomic mass is 9.90. The minimum atomic E-state index is -1.51. The summed E-state index contributed by atoms with van der Waals surface area (Å²) in [4.78, 5) is 53.4. The van der Waals surface area contributed by atoms with E-state index >= 15 is 0 Å². The number of alkyl carbamates (subject to hydrolysis) is 1. The zero-order valence-corrected chi connectivity index (χ0v) is 24.8. The van der Waals surface area contributed by atoms with Crippen LogP contribution in [-0.4, -0.2) is 41.1 Å². The molecule has 3 aromatic carbocycles. The third-order valence-electron chi connectivity index (χ3n) is 7.49. The van der Waals surface area contributed by atoms with Crippen LogP contribution in [0.3, 0.4) is 0 Å². The molecule has 3 rings (SSSR count). The van der Waals surface area contributed by atoms with Crippen LogP contribution in [0.4, 0.5) is 4.79 Å². The Morgan fingerprint density at radius 1 is 0.744 bits per heavy atom. The van der Waals surface area contributed by atoms with E-state index in [2.05, 4.69) is 21.1 Å². The third kappa shape index (κ3) is 9.99. The number of ether oxygens (including phenoxy) is 1. The average molecular weight is 589 g/mol. The van der Waals surface area contributed by atoms with Crippen LogP contribution in [0.5, 0.6) is 0 Å². The third-order valence-corrected chi connectivity index (χ3v) is 7.49. The van der Waals surface area contributed by atoms with E-state index in [1.807, 2.05) is 57.2 Å².